The van der Waals surface area contributed by atoms with Gasteiger partial charge in [-0.15, -0.1) is 0 Å². The van der Waals surface area contributed by atoms with Crippen molar-refractivity contribution in [1.29, 1.82) is 0 Å². The van der Waals surface area contributed by atoms with E-state index in [0.29, 0.717) is 11.4 Å². The van der Waals surface area contributed by atoms with Crippen molar-refractivity contribution in [2.24, 2.45) is 0 Å². The molecule has 2 aliphatic carbocycles. The van der Waals surface area contributed by atoms with E-state index in [2.05, 4.69) is 4.98 Å². The van der Waals surface area contributed by atoms with Crippen LogP contribution in [0.1, 0.15) is 41.7 Å². The molecule has 8 heteroatoms. The lowest BCUT2D eigenvalue weighted by atomic mass is 9.95. The van der Waals surface area contributed by atoms with Crippen LogP contribution in [0.3, 0.4) is 0 Å². The average Bonchev–Trinajstić information content (AvgIpc) is 3.31. The molecule has 0 amide bonds. The molecule has 4 bridgehead atoms. The minimum atomic E-state index is -0.344. The topological polar surface area (TPSA) is 88.8 Å². The standard InChI is InChI=1S/C17H13N5O3/c23-16-20(9-4-2-1-3-5-9)17(24)22-14-10-8-11(21(16)22)12(14)15-13(10)18-6-7-19(15)25/h1-7,10-12,14H,8H2. The van der Waals surface area contributed by atoms with Crippen LogP contribution in [-0.4, -0.2) is 18.9 Å². The maximum Gasteiger partial charge on any atom is 0.352 e. The second-order valence-electron chi connectivity index (χ2n) is 6.87. The van der Waals surface area contributed by atoms with E-state index in [1.807, 2.05) is 6.07 Å². The Bertz CT molecular complexity index is 1160. The zero-order valence-electron chi connectivity index (χ0n) is 13.0. The van der Waals surface area contributed by atoms with Crippen molar-refractivity contribution in [2.75, 3.05) is 0 Å². The summed E-state index contributed by atoms with van der Waals surface area (Å²) in [6.45, 7) is 0. The molecular formula is C17H13N5O3. The summed E-state index contributed by atoms with van der Waals surface area (Å²) in [6.07, 6.45) is 3.64. The number of hydrogen-bond acceptors (Lipinski definition) is 4. The van der Waals surface area contributed by atoms with Crippen molar-refractivity contribution in [1.82, 2.24) is 18.9 Å². The van der Waals surface area contributed by atoms with Crippen molar-refractivity contribution in [3.8, 4) is 5.69 Å². The zero-order valence-corrected chi connectivity index (χ0v) is 13.0. The third kappa shape index (κ3) is 1.32. The first-order chi connectivity index (χ1) is 12.2. The molecule has 3 heterocycles. The van der Waals surface area contributed by atoms with Crippen LogP contribution in [-0.2, 0) is 0 Å². The fourth-order valence-electron chi connectivity index (χ4n) is 5.09. The number of nitrogens with zero attached hydrogens (tertiary/aromatic N) is 5. The number of benzene rings is 1. The summed E-state index contributed by atoms with van der Waals surface area (Å²) in [6, 6.07) is 8.59. The van der Waals surface area contributed by atoms with E-state index >= 15 is 0 Å². The molecule has 1 fully saturated rings. The van der Waals surface area contributed by atoms with Gasteiger partial charge in [-0.1, -0.05) is 18.2 Å². The SMILES string of the molecule is O=c1n(-c2ccccc2)c(=O)n2n1C1CC3c4ncc[n+]([O-])c4C1C32. The number of fused-ring (bicyclic) bond motifs is 4. The second-order valence-corrected chi connectivity index (χ2v) is 6.87. The smallest absolute Gasteiger partial charge is 0.352 e. The van der Waals surface area contributed by atoms with Crippen LogP contribution in [0.2, 0.25) is 0 Å². The first-order valence-corrected chi connectivity index (χ1v) is 8.28. The van der Waals surface area contributed by atoms with Crippen molar-refractivity contribution in [3.63, 3.8) is 0 Å². The molecule has 3 aliphatic rings. The zero-order chi connectivity index (χ0) is 16.9. The van der Waals surface area contributed by atoms with Crippen LogP contribution in [0.25, 0.3) is 5.69 Å². The van der Waals surface area contributed by atoms with Crippen LogP contribution in [0.4, 0.5) is 0 Å². The first-order valence-electron chi connectivity index (χ1n) is 8.28. The summed E-state index contributed by atoms with van der Waals surface area (Å²) >= 11 is 0. The van der Waals surface area contributed by atoms with Crippen LogP contribution in [0.15, 0.2) is 52.3 Å². The molecule has 3 aromatic rings. The molecular weight excluding hydrogens is 322 g/mol. The van der Waals surface area contributed by atoms with Gasteiger partial charge in [0.2, 0.25) is 5.69 Å². The Kier molecular flexibility index (Phi) is 2.15. The maximum absolute atomic E-state index is 13.0. The lowest BCUT2D eigenvalue weighted by Crippen LogP contribution is -2.37. The van der Waals surface area contributed by atoms with Gasteiger partial charge in [0, 0.05) is 5.92 Å². The molecule has 4 unspecified atom stereocenters. The molecule has 0 saturated heterocycles. The molecule has 1 aliphatic heterocycles. The van der Waals surface area contributed by atoms with Gasteiger partial charge in [-0.25, -0.2) is 28.5 Å². The average molecular weight is 335 g/mol. The van der Waals surface area contributed by atoms with Gasteiger partial charge in [0.1, 0.15) is 5.69 Å². The normalized spacial score (nSPS) is 27.5. The van der Waals surface area contributed by atoms with E-state index in [-0.39, 0.29) is 35.3 Å². The fraction of sp³-hybridized carbons (Fsp3) is 0.294. The predicted octanol–water partition coefficient (Wildman–Crippen LogP) is 0.210. The second kappa shape index (κ2) is 4.08. The highest BCUT2D eigenvalue weighted by atomic mass is 16.5. The molecule has 1 aromatic carbocycles. The highest BCUT2D eigenvalue weighted by Crippen LogP contribution is 2.65. The lowest BCUT2D eigenvalue weighted by molar-refractivity contribution is -0.616. The summed E-state index contributed by atoms with van der Waals surface area (Å²) < 4.78 is 5.17. The fourth-order valence-corrected chi connectivity index (χ4v) is 5.09. The van der Waals surface area contributed by atoms with E-state index in [1.54, 1.807) is 33.6 Å². The van der Waals surface area contributed by atoms with Crippen molar-refractivity contribution < 1.29 is 4.73 Å². The van der Waals surface area contributed by atoms with Gasteiger partial charge in [-0.2, -0.15) is 4.73 Å². The largest absolute Gasteiger partial charge is 0.618 e. The molecule has 0 N–H and O–H groups in total. The number of aromatic nitrogens is 5. The lowest BCUT2D eigenvalue weighted by Gasteiger charge is -2.23. The quantitative estimate of drug-likeness (QED) is 0.470. The van der Waals surface area contributed by atoms with Gasteiger partial charge in [0.15, 0.2) is 6.20 Å². The van der Waals surface area contributed by atoms with Crippen LogP contribution < -0.4 is 16.1 Å². The number of para-hydroxylation sites is 1. The molecule has 0 radical (unpaired) electrons. The van der Waals surface area contributed by atoms with E-state index in [9.17, 15) is 14.8 Å². The Hall–Kier alpha value is -3.16. The van der Waals surface area contributed by atoms with Crippen molar-refractivity contribution in [3.05, 3.63) is 80.3 Å². The Morgan fingerprint density at radius 2 is 1.88 bits per heavy atom. The maximum atomic E-state index is 13.0. The predicted molar refractivity (Wildman–Crippen MR) is 85.7 cm³/mol. The molecule has 2 aromatic heterocycles. The minimum absolute atomic E-state index is 0.0233. The van der Waals surface area contributed by atoms with E-state index in [1.165, 1.54) is 17.0 Å². The molecule has 6 rings (SSSR count). The number of rotatable bonds is 1. The van der Waals surface area contributed by atoms with Gasteiger partial charge in [0.25, 0.3) is 0 Å². The van der Waals surface area contributed by atoms with Crippen LogP contribution >= 0.6 is 0 Å². The van der Waals surface area contributed by atoms with Gasteiger partial charge in [-0.05, 0) is 18.6 Å². The molecule has 1 saturated carbocycles. The van der Waals surface area contributed by atoms with Crippen LogP contribution in [0.5, 0.6) is 0 Å². The Labute approximate surface area is 140 Å². The molecule has 4 atom stereocenters. The first kappa shape index (κ1) is 13.2. The van der Waals surface area contributed by atoms with E-state index < -0.39 is 0 Å². The molecule has 25 heavy (non-hydrogen) atoms. The number of hydrogen-bond donors (Lipinski definition) is 0. The molecule has 124 valence electrons. The van der Waals surface area contributed by atoms with Gasteiger partial charge in [0.05, 0.1) is 29.9 Å². The summed E-state index contributed by atoms with van der Waals surface area (Å²) in [5, 5.41) is 12.2. The van der Waals surface area contributed by atoms with Crippen LogP contribution in [0, 0.1) is 5.21 Å². The van der Waals surface area contributed by atoms with Gasteiger partial charge < -0.3 is 5.21 Å². The summed E-state index contributed by atoms with van der Waals surface area (Å²) in [5.74, 6) is -0.118. The Balaban J connectivity index is 1.61. The highest BCUT2D eigenvalue weighted by molar-refractivity contribution is 5.38. The Morgan fingerprint density at radius 1 is 1.12 bits per heavy atom. The third-order valence-electron chi connectivity index (χ3n) is 5.89. The summed E-state index contributed by atoms with van der Waals surface area (Å²) in [7, 11) is 0. The molecule has 0 spiro atoms. The summed E-state index contributed by atoms with van der Waals surface area (Å²) in [5.41, 5.74) is 1.28. The summed E-state index contributed by atoms with van der Waals surface area (Å²) in [4.78, 5) is 30.4. The minimum Gasteiger partial charge on any atom is -0.618 e. The highest BCUT2D eigenvalue weighted by Gasteiger charge is 2.64. The van der Waals surface area contributed by atoms with Crippen molar-refractivity contribution in [2.45, 2.75) is 30.3 Å². The van der Waals surface area contributed by atoms with E-state index in [0.717, 1.165) is 16.8 Å². The third-order valence-corrected chi connectivity index (χ3v) is 5.89. The van der Waals surface area contributed by atoms with Crippen molar-refractivity contribution >= 4 is 0 Å². The van der Waals surface area contributed by atoms with E-state index in [4.69, 9.17) is 0 Å². The van der Waals surface area contributed by atoms with Gasteiger partial charge >= 0.3 is 11.4 Å². The van der Waals surface area contributed by atoms with Gasteiger partial charge in [-0.3, -0.25) is 0 Å². The molecule has 8 nitrogen and oxygen atoms in total. The Morgan fingerprint density at radius 3 is 2.68 bits per heavy atom. The monoisotopic (exact) mass is 335 g/mol.